The molecule has 0 amide bonds. The van der Waals surface area contributed by atoms with E-state index in [2.05, 4.69) is 25.7 Å². The van der Waals surface area contributed by atoms with Crippen molar-refractivity contribution < 1.29 is 4.74 Å². The van der Waals surface area contributed by atoms with E-state index in [1.54, 1.807) is 25.7 Å². The first-order valence-corrected chi connectivity index (χ1v) is 5.43. The summed E-state index contributed by atoms with van der Waals surface area (Å²) in [6.07, 6.45) is 5.17. The van der Waals surface area contributed by atoms with E-state index in [9.17, 15) is 0 Å². The number of ether oxygens (including phenoxy) is 1. The predicted molar refractivity (Wildman–Crippen MR) is 62.7 cm³/mol. The molecule has 1 unspecified atom stereocenters. The van der Waals surface area contributed by atoms with Gasteiger partial charge < -0.3 is 10.1 Å². The molecule has 2 rings (SSSR count). The smallest absolute Gasteiger partial charge is 0.137 e. The van der Waals surface area contributed by atoms with Crippen LogP contribution in [0.4, 0.5) is 0 Å². The van der Waals surface area contributed by atoms with Crippen LogP contribution in [-0.2, 0) is 0 Å². The van der Waals surface area contributed by atoms with Gasteiger partial charge in [0.15, 0.2) is 0 Å². The molecule has 0 radical (unpaired) electrons. The second-order valence-corrected chi connectivity index (χ2v) is 3.54. The van der Waals surface area contributed by atoms with Gasteiger partial charge in [-0.25, -0.2) is 0 Å². The molecule has 0 aliphatic rings. The van der Waals surface area contributed by atoms with Crippen molar-refractivity contribution in [3.8, 4) is 5.75 Å². The Morgan fingerprint density at radius 3 is 2.94 bits per heavy atom. The third kappa shape index (κ3) is 2.59. The fourth-order valence-corrected chi connectivity index (χ4v) is 1.65. The lowest BCUT2D eigenvalue weighted by molar-refractivity contribution is 0.411. The number of aromatic amines is 1. The second-order valence-electron chi connectivity index (χ2n) is 3.54. The van der Waals surface area contributed by atoms with E-state index in [1.165, 1.54) is 0 Å². The van der Waals surface area contributed by atoms with E-state index in [4.69, 9.17) is 4.74 Å². The van der Waals surface area contributed by atoms with Crippen LogP contribution in [0.25, 0.3) is 0 Å². The zero-order valence-electron chi connectivity index (χ0n) is 9.84. The molecule has 6 nitrogen and oxygen atoms in total. The molecular formula is C11H15N5O. The van der Waals surface area contributed by atoms with Crippen molar-refractivity contribution in [3.05, 3.63) is 35.9 Å². The molecule has 0 aliphatic heterocycles. The van der Waals surface area contributed by atoms with E-state index >= 15 is 0 Å². The van der Waals surface area contributed by atoms with Crippen molar-refractivity contribution >= 4 is 0 Å². The van der Waals surface area contributed by atoms with Gasteiger partial charge in [-0.15, -0.1) is 0 Å². The molecule has 0 saturated heterocycles. The van der Waals surface area contributed by atoms with Gasteiger partial charge in [0.05, 0.1) is 25.5 Å². The Bertz CT molecular complexity index is 457. The number of nitrogens with zero attached hydrogens (tertiary/aromatic N) is 3. The highest BCUT2D eigenvalue weighted by atomic mass is 16.5. The lowest BCUT2D eigenvalue weighted by atomic mass is 10.1. The summed E-state index contributed by atoms with van der Waals surface area (Å²) in [4.78, 5) is 4.15. The third-order valence-corrected chi connectivity index (χ3v) is 2.44. The zero-order chi connectivity index (χ0) is 12.1. The molecule has 0 aliphatic carbocycles. The van der Waals surface area contributed by atoms with Crippen molar-refractivity contribution in [1.82, 2.24) is 25.7 Å². The first kappa shape index (κ1) is 11.5. The Morgan fingerprint density at radius 2 is 2.29 bits per heavy atom. The molecule has 0 bridgehead atoms. The average Bonchev–Trinajstić information content (AvgIpc) is 2.89. The fourth-order valence-electron chi connectivity index (χ4n) is 1.65. The minimum Gasteiger partial charge on any atom is -0.495 e. The normalized spacial score (nSPS) is 12.4. The summed E-state index contributed by atoms with van der Waals surface area (Å²) in [6, 6.07) is 1.91. The molecule has 17 heavy (non-hydrogen) atoms. The minimum atomic E-state index is -0.0265. The quantitative estimate of drug-likeness (QED) is 0.802. The molecule has 6 heteroatoms. The Morgan fingerprint density at radius 1 is 1.41 bits per heavy atom. The van der Waals surface area contributed by atoms with Gasteiger partial charge in [0.25, 0.3) is 0 Å². The van der Waals surface area contributed by atoms with Crippen molar-refractivity contribution in [2.24, 2.45) is 0 Å². The number of hydrogen-bond donors (Lipinski definition) is 2. The highest BCUT2D eigenvalue weighted by Gasteiger charge is 2.16. The van der Waals surface area contributed by atoms with Gasteiger partial charge in [-0.2, -0.15) is 15.4 Å². The molecule has 2 aromatic heterocycles. The molecule has 0 aromatic carbocycles. The topological polar surface area (TPSA) is 75.7 Å². The van der Waals surface area contributed by atoms with Gasteiger partial charge in [-0.1, -0.05) is 6.92 Å². The SMILES string of the molecule is CCNC(c1cncc(OC)c1)c1cn[nH]n1. The minimum absolute atomic E-state index is 0.0265. The molecule has 0 fully saturated rings. The van der Waals surface area contributed by atoms with Crippen molar-refractivity contribution in [1.29, 1.82) is 0 Å². The summed E-state index contributed by atoms with van der Waals surface area (Å²) in [5, 5.41) is 13.9. The zero-order valence-corrected chi connectivity index (χ0v) is 9.84. The lowest BCUT2D eigenvalue weighted by Crippen LogP contribution is -2.22. The van der Waals surface area contributed by atoms with E-state index in [0.717, 1.165) is 23.6 Å². The number of aromatic nitrogens is 4. The molecule has 2 heterocycles. The Kier molecular flexibility index (Phi) is 3.66. The Labute approximate surface area is 99.4 Å². The Balaban J connectivity index is 2.32. The largest absolute Gasteiger partial charge is 0.495 e. The predicted octanol–water partition coefficient (Wildman–Crippen LogP) is 0.907. The maximum absolute atomic E-state index is 5.17. The number of H-pyrrole nitrogens is 1. The summed E-state index contributed by atoms with van der Waals surface area (Å²) in [5.74, 6) is 0.730. The molecular weight excluding hydrogens is 218 g/mol. The number of nitrogens with one attached hydrogen (secondary N) is 2. The van der Waals surface area contributed by atoms with E-state index in [0.29, 0.717) is 0 Å². The first-order valence-electron chi connectivity index (χ1n) is 5.43. The molecule has 2 N–H and O–H groups in total. The van der Waals surface area contributed by atoms with Gasteiger partial charge in [0, 0.05) is 6.20 Å². The highest BCUT2D eigenvalue weighted by molar-refractivity contribution is 5.30. The maximum Gasteiger partial charge on any atom is 0.137 e. The van der Waals surface area contributed by atoms with Crippen LogP contribution in [0.2, 0.25) is 0 Å². The van der Waals surface area contributed by atoms with Crippen molar-refractivity contribution in [3.63, 3.8) is 0 Å². The average molecular weight is 233 g/mol. The summed E-state index contributed by atoms with van der Waals surface area (Å²) in [5.41, 5.74) is 1.84. The fraction of sp³-hybridized carbons (Fsp3) is 0.364. The maximum atomic E-state index is 5.17. The second kappa shape index (κ2) is 5.40. The van der Waals surface area contributed by atoms with Crippen LogP contribution in [-0.4, -0.2) is 34.0 Å². The van der Waals surface area contributed by atoms with Crippen LogP contribution in [0.5, 0.6) is 5.75 Å². The molecule has 2 aromatic rings. The molecule has 0 spiro atoms. The molecule has 0 saturated carbocycles. The van der Waals surface area contributed by atoms with E-state index in [-0.39, 0.29) is 6.04 Å². The van der Waals surface area contributed by atoms with E-state index < -0.39 is 0 Å². The number of methoxy groups -OCH3 is 1. The van der Waals surface area contributed by atoms with Crippen LogP contribution >= 0.6 is 0 Å². The van der Waals surface area contributed by atoms with Crippen molar-refractivity contribution in [2.75, 3.05) is 13.7 Å². The van der Waals surface area contributed by atoms with Gasteiger partial charge in [-0.05, 0) is 18.2 Å². The Hall–Kier alpha value is -1.95. The summed E-state index contributed by atoms with van der Waals surface area (Å²) in [7, 11) is 1.62. The van der Waals surface area contributed by atoms with Gasteiger partial charge in [-0.3, -0.25) is 4.98 Å². The standard InChI is InChI=1S/C11H15N5O/c1-3-13-11(10-7-14-16-15-10)8-4-9(17-2)6-12-5-8/h4-7,11,13H,3H2,1-2H3,(H,14,15,16). The van der Waals surface area contributed by atoms with Crippen LogP contribution in [0.1, 0.15) is 24.2 Å². The number of hydrogen-bond acceptors (Lipinski definition) is 5. The summed E-state index contributed by atoms with van der Waals surface area (Å²) >= 11 is 0. The highest BCUT2D eigenvalue weighted by Crippen LogP contribution is 2.21. The van der Waals surface area contributed by atoms with Gasteiger partial charge >= 0.3 is 0 Å². The van der Waals surface area contributed by atoms with Crippen LogP contribution in [0, 0.1) is 0 Å². The van der Waals surface area contributed by atoms with Gasteiger partial charge in [0.1, 0.15) is 11.4 Å². The molecule has 1 atom stereocenters. The number of pyridine rings is 1. The third-order valence-electron chi connectivity index (χ3n) is 2.44. The summed E-state index contributed by atoms with van der Waals surface area (Å²) < 4.78 is 5.17. The monoisotopic (exact) mass is 233 g/mol. The number of rotatable bonds is 5. The van der Waals surface area contributed by atoms with Crippen LogP contribution < -0.4 is 10.1 Å². The van der Waals surface area contributed by atoms with Crippen LogP contribution in [0.15, 0.2) is 24.7 Å². The summed E-state index contributed by atoms with van der Waals surface area (Å²) in [6.45, 7) is 2.87. The molecule has 90 valence electrons. The lowest BCUT2D eigenvalue weighted by Gasteiger charge is -2.15. The van der Waals surface area contributed by atoms with Crippen LogP contribution in [0.3, 0.4) is 0 Å². The van der Waals surface area contributed by atoms with Crippen molar-refractivity contribution in [2.45, 2.75) is 13.0 Å². The first-order chi connectivity index (χ1) is 8.35. The van der Waals surface area contributed by atoms with E-state index in [1.807, 2.05) is 13.0 Å². The van der Waals surface area contributed by atoms with Gasteiger partial charge in [0.2, 0.25) is 0 Å².